The number of benzene rings is 1. The highest BCUT2D eigenvalue weighted by Gasteiger charge is 2.35. The number of ether oxygens (including phenoxy) is 2. The third-order valence-corrected chi connectivity index (χ3v) is 6.98. The first-order valence-electron chi connectivity index (χ1n) is 10.9. The van der Waals surface area contributed by atoms with E-state index < -0.39 is 0 Å². The van der Waals surface area contributed by atoms with Crippen LogP contribution in [0, 0.1) is 5.92 Å². The van der Waals surface area contributed by atoms with E-state index in [0.717, 1.165) is 28.5 Å². The molecule has 162 valence electrons. The number of aliphatic hydroxyl groups excluding tert-OH is 1. The van der Waals surface area contributed by atoms with Gasteiger partial charge in [-0.1, -0.05) is 52.0 Å². The topological polar surface area (TPSA) is 63.4 Å². The summed E-state index contributed by atoms with van der Waals surface area (Å²) in [6.45, 7) is 14.0. The second-order valence-corrected chi connectivity index (χ2v) is 9.95. The van der Waals surface area contributed by atoms with Crippen LogP contribution in [0.3, 0.4) is 0 Å². The second-order valence-electron chi connectivity index (χ2n) is 8.70. The molecule has 0 saturated heterocycles. The Labute approximate surface area is 179 Å². The van der Waals surface area contributed by atoms with Crippen molar-refractivity contribution in [3.05, 3.63) is 35.4 Å². The lowest BCUT2D eigenvalue weighted by Crippen LogP contribution is -2.41. The van der Waals surface area contributed by atoms with Crippen molar-refractivity contribution in [2.24, 2.45) is 15.9 Å². The van der Waals surface area contributed by atoms with E-state index in [1.165, 1.54) is 11.1 Å². The van der Waals surface area contributed by atoms with Gasteiger partial charge in [0, 0.05) is 22.4 Å². The molecule has 1 unspecified atom stereocenters. The van der Waals surface area contributed by atoms with Crippen LogP contribution in [0.25, 0.3) is 0 Å². The molecular weight excluding hydrogens is 380 g/mol. The molecule has 0 bridgehead atoms. The van der Waals surface area contributed by atoms with E-state index in [-0.39, 0.29) is 29.6 Å². The highest BCUT2D eigenvalue weighted by atomic mass is 28.1. The van der Waals surface area contributed by atoms with Gasteiger partial charge < -0.3 is 14.6 Å². The summed E-state index contributed by atoms with van der Waals surface area (Å²) < 4.78 is 11.8. The molecule has 1 aliphatic rings. The minimum Gasteiger partial charge on any atom is -0.480 e. The van der Waals surface area contributed by atoms with Crippen molar-refractivity contribution < 1.29 is 14.6 Å². The molecule has 6 heteroatoms. The summed E-state index contributed by atoms with van der Waals surface area (Å²) in [6, 6.07) is 8.54. The first-order chi connectivity index (χ1) is 13.7. The molecule has 0 saturated carbocycles. The van der Waals surface area contributed by atoms with Crippen LogP contribution < -0.4 is 0 Å². The van der Waals surface area contributed by atoms with E-state index in [4.69, 9.17) is 19.5 Å². The zero-order valence-electron chi connectivity index (χ0n) is 19.1. The van der Waals surface area contributed by atoms with Crippen LogP contribution in [0.2, 0.25) is 0 Å². The summed E-state index contributed by atoms with van der Waals surface area (Å²) in [5, 5.41) is 9.34. The van der Waals surface area contributed by atoms with Gasteiger partial charge in [-0.2, -0.15) is 0 Å². The molecule has 1 N–H and O–H groups in total. The van der Waals surface area contributed by atoms with Gasteiger partial charge in [-0.15, -0.1) is 0 Å². The molecule has 3 atom stereocenters. The second kappa shape index (κ2) is 10.4. The minimum absolute atomic E-state index is 0.0402. The number of hydrogen-bond acceptors (Lipinski definition) is 5. The van der Waals surface area contributed by atoms with Crippen molar-refractivity contribution in [1.82, 2.24) is 0 Å². The largest absolute Gasteiger partial charge is 0.480 e. The molecule has 0 aromatic heterocycles. The van der Waals surface area contributed by atoms with Gasteiger partial charge in [0.05, 0.1) is 13.2 Å². The van der Waals surface area contributed by atoms with E-state index in [9.17, 15) is 5.11 Å². The molecule has 0 spiro atoms. The lowest BCUT2D eigenvalue weighted by Gasteiger charge is -2.31. The van der Waals surface area contributed by atoms with Crippen molar-refractivity contribution >= 4 is 22.0 Å². The van der Waals surface area contributed by atoms with E-state index in [0.29, 0.717) is 19.1 Å². The minimum atomic E-state index is -0.130. The van der Waals surface area contributed by atoms with Crippen LogP contribution in [0.1, 0.15) is 64.6 Å². The molecule has 1 aromatic rings. The van der Waals surface area contributed by atoms with Gasteiger partial charge >= 0.3 is 0 Å². The fraction of sp³-hybridized carbons (Fsp3) is 0.652. The molecule has 0 radical (unpaired) electrons. The predicted octanol–water partition coefficient (Wildman–Crippen LogP) is 3.03. The van der Waals surface area contributed by atoms with Crippen LogP contribution in [-0.2, 0) is 14.9 Å². The molecule has 29 heavy (non-hydrogen) atoms. The molecule has 1 heterocycles. The number of aliphatic hydroxyl groups is 1. The number of nitrogens with zero attached hydrogens (tertiary/aromatic N) is 2. The average molecular weight is 419 g/mol. The quantitative estimate of drug-likeness (QED) is 0.660. The van der Waals surface area contributed by atoms with Gasteiger partial charge in [-0.05, 0) is 42.7 Å². The van der Waals surface area contributed by atoms with E-state index in [2.05, 4.69) is 52.0 Å². The molecule has 5 nitrogen and oxygen atoms in total. The van der Waals surface area contributed by atoms with Crippen molar-refractivity contribution in [2.75, 3.05) is 19.8 Å². The van der Waals surface area contributed by atoms with Crippen molar-refractivity contribution in [2.45, 2.75) is 71.0 Å². The maximum atomic E-state index is 9.34. The maximum Gasteiger partial charge on any atom is 0.210 e. The van der Waals surface area contributed by atoms with Gasteiger partial charge in [0.2, 0.25) is 11.8 Å². The Balaban J connectivity index is 2.33. The number of rotatable bonds is 8. The summed E-state index contributed by atoms with van der Waals surface area (Å²) in [5.41, 5.74) is 2.70. The lowest BCUT2D eigenvalue weighted by atomic mass is 9.81. The fourth-order valence-electron chi connectivity index (χ4n) is 3.68. The molecule has 2 rings (SSSR count). The highest BCUT2D eigenvalue weighted by molar-refractivity contribution is 6.16. The number of aliphatic imine (C=N–C) groups is 2. The maximum absolute atomic E-state index is 9.34. The standard InChI is InChI=1S/C23H38N2O3Si/c1-7-27-21-18(15(3)4)24-22(28-8-2)19(25-21)20(29)16-9-11-17(12-10-16)23(5,6)13-14-26/h9-12,15,18-20,26H,7-8,13-14H2,1-6,29H3/t18-,19-,20?/m1/s1. The van der Waals surface area contributed by atoms with Crippen molar-refractivity contribution in [3.63, 3.8) is 0 Å². The molecule has 1 aromatic carbocycles. The average Bonchev–Trinajstić information content (AvgIpc) is 2.68. The Morgan fingerprint density at radius 3 is 2.00 bits per heavy atom. The smallest absolute Gasteiger partial charge is 0.210 e. The lowest BCUT2D eigenvalue weighted by molar-refractivity contribution is 0.252. The van der Waals surface area contributed by atoms with Gasteiger partial charge in [-0.25, -0.2) is 9.98 Å². The molecule has 1 aliphatic heterocycles. The van der Waals surface area contributed by atoms with Crippen LogP contribution in [0.15, 0.2) is 34.3 Å². The van der Waals surface area contributed by atoms with E-state index in [1.807, 2.05) is 13.8 Å². The fourth-order valence-corrected chi connectivity index (χ4v) is 4.50. The van der Waals surface area contributed by atoms with Gasteiger partial charge in [0.1, 0.15) is 12.1 Å². The summed E-state index contributed by atoms with van der Waals surface area (Å²) >= 11 is 0. The third-order valence-electron chi connectivity index (χ3n) is 5.68. The summed E-state index contributed by atoms with van der Waals surface area (Å²) in [6.07, 6.45) is 0.749. The van der Waals surface area contributed by atoms with Crippen LogP contribution >= 0.6 is 0 Å². The molecule has 0 amide bonds. The zero-order chi connectivity index (χ0) is 21.6. The Kier molecular flexibility index (Phi) is 8.46. The Morgan fingerprint density at radius 2 is 1.52 bits per heavy atom. The summed E-state index contributed by atoms with van der Waals surface area (Å²) in [7, 11) is 0.923. The van der Waals surface area contributed by atoms with Crippen LogP contribution in [-0.4, -0.2) is 59.0 Å². The molecular formula is C23H38N2O3Si. The first kappa shape index (κ1) is 23.6. The van der Waals surface area contributed by atoms with Gasteiger partial charge in [0.15, 0.2) is 0 Å². The Hall–Kier alpha value is -1.66. The normalized spacial score (nSPS) is 21.0. The monoisotopic (exact) mass is 418 g/mol. The molecule has 0 fully saturated rings. The number of hydrogen-bond donors (Lipinski definition) is 1. The highest BCUT2D eigenvalue weighted by Crippen LogP contribution is 2.30. The Bertz CT molecular complexity index is 713. The SMILES string of the molecule is CCOC1=N[C@H](C([SiH3])c2ccc(C(C)(C)CCO)cc2)C(OCC)=N[C@@H]1C(C)C. The summed E-state index contributed by atoms with van der Waals surface area (Å²) in [5.74, 6) is 1.77. The van der Waals surface area contributed by atoms with Crippen molar-refractivity contribution in [1.29, 1.82) is 0 Å². The van der Waals surface area contributed by atoms with Gasteiger partial charge in [-0.3, -0.25) is 0 Å². The Morgan fingerprint density at radius 1 is 1.00 bits per heavy atom. The van der Waals surface area contributed by atoms with E-state index in [1.54, 1.807) is 0 Å². The van der Waals surface area contributed by atoms with E-state index >= 15 is 0 Å². The van der Waals surface area contributed by atoms with Crippen molar-refractivity contribution in [3.8, 4) is 0 Å². The molecule has 0 aliphatic carbocycles. The van der Waals surface area contributed by atoms with Crippen LogP contribution in [0.4, 0.5) is 0 Å². The summed E-state index contributed by atoms with van der Waals surface area (Å²) in [4.78, 5) is 9.90. The predicted molar refractivity (Wildman–Crippen MR) is 124 cm³/mol. The first-order valence-corrected chi connectivity index (χ1v) is 12.0. The third kappa shape index (κ3) is 5.69. The zero-order valence-corrected chi connectivity index (χ0v) is 21.1. The van der Waals surface area contributed by atoms with Crippen LogP contribution in [0.5, 0.6) is 0 Å². The van der Waals surface area contributed by atoms with Gasteiger partial charge in [0.25, 0.3) is 0 Å².